The lowest BCUT2D eigenvalue weighted by Crippen LogP contribution is -2.63. The van der Waals surface area contributed by atoms with Gasteiger partial charge in [-0.3, -0.25) is 0 Å². The topological polar surface area (TPSA) is 94.1 Å². The van der Waals surface area contributed by atoms with Crippen molar-refractivity contribution in [2.45, 2.75) is 221 Å². The number of rotatable bonds is 20. The first-order valence-corrected chi connectivity index (χ1v) is 29.6. The van der Waals surface area contributed by atoms with Gasteiger partial charge in [0.15, 0.2) is 28.2 Å². The first kappa shape index (κ1) is 55.2. The molecule has 13 atom stereocenters. The average molecular weight is 907 g/mol. The summed E-state index contributed by atoms with van der Waals surface area (Å²) in [6.07, 6.45) is 2.40. The molecule has 0 saturated carbocycles. The molecule has 2 heterocycles. The van der Waals surface area contributed by atoms with Crippen molar-refractivity contribution in [2.24, 2.45) is 35.5 Å². The Hall–Kier alpha value is -1.13. The maximum Gasteiger partial charge on any atom is 0.193 e. The molecule has 0 unspecified atom stereocenters. The van der Waals surface area contributed by atoms with E-state index in [1.807, 2.05) is 38.1 Å². The molecule has 1 N–H and O–H groups in total. The molecule has 0 amide bonds. The van der Waals surface area contributed by atoms with Crippen molar-refractivity contribution in [3.8, 4) is 5.75 Å². The molecular formula is C51H94O9Si2. The van der Waals surface area contributed by atoms with Crippen LogP contribution in [0.15, 0.2) is 35.9 Å². The van der Waals surface area contributed by atoms with Gasteiger partial charge in [-0.15, -0.1) is 0 Å². The fourth-order valence-corrected chi connectivity index (χ4v) is 12.0. The first-order valence-electron chi connectivity index (χ1n) is 23.8. The SMILES string of the molecule is C/C=C(\C)C[C@H](C)[C@H](O[Si](C)(C)C(C)(C)C)[C@@H](C)[C@H]1O[C@@](O)([C@H](C[C@H](C)[C@@H]2OC(C)(C)O[C@@H]([C@@H](C)COCc3ccc(OC)cc3)[C@@H]2C)O[Si](C)(C)C(C)(C)C)C[C@@H](OC)[C@H]1C. The van der Waals surface area contributed by atoms with Gasteiger partial charge in [0.2, 0.25) is 0 Å². The minimum absolute atomic E-state index is 0.00980. The molecule has 2 aliphatic rings. The first-order chi connectivity index (χ1) is 28.3. The van der Waals surface area contributed by atoms with Crippen LogP contribution in [0.1, 0.15) is 136 Å². The maximum absolute atomic E-state index is 13.3. The summed E-state index contributed by atoms with van der Waals surface area (Å²) in [5.74, 6) is -1.26. The highest BCUT2D eigenvalue weighted by Gasteiger charge is 2.56. The summed E-state index contributed by atoms with van der Waals surface area (Å²) in [6.45, 7) is 45.8. The van der Waals surface area contributed by atoms with Crippen LogP contribution in [0.25, 0.3) is 0 Å². The molecule has 0 radical (unpaired) electrons. The van der Waals surface area contributed by atoms with E-state index < -0.39 is 34.3 Å². The van der Waals surface area contributed by atoms with E-state index in [-0.39, 0.29) is 76.1 Å². The molecule has 2 fully saturated rings. The summed E-state index contributed by atoms with van der Waals surface area (Å²) in [5.41, 5.74) is 2.44. The zero-order valence-electron chi connectivity index (χ0n) is 43.6. The van der Waals surface area contributed by atoms with Crippen LogP contribution in [0.5, 0.6) is 5.75 Å². The summed E-state index contributed by atoms with van der Waals surface area (Å²) in [4.78, 5) is 0. The van der Waals surface area contributed by atoms with Gasteiger partial charge < -0.3 is 42.4 Å². The zero-order chi connectivity index (χ0) is 47.4. The molecule has 1 aromatic rings. The third-order valence-electron chi connectivity index (χ3n) is 15.4. The lowest BCUT2D eigenvalue weighted by Gasteiger charge is -2.54. The number of hydrogen-bond acceptors (Lipinski definition) is 9. The van der Waals surface area contributed by atoms with Gasteiger partial charge >= 0.3 is 0 Å². The number of methoxy groups -OCH3 is 2. The van der Waals surface area contributed by atoms with Gasteiger partial charge in [0.25, 0.3) is 0 Å². The molecule has 62 heavy (non-hydrogen) atoms. The molecule has 0 spiro atoms. The highest BCUT2D eigenvalue weighted by atomic mass is 28.4. The molecule has 360 valence electrons. The Balaban J connectivity index is 2.01. The molecule has 3 rings (SSSR count). The molecule has 2 saturated heterocycles. The quantitative estimate of drug-likeness (QED) is 0.101. The molecule has 1 aromatic carbocycles. The van der Waals surface area contributed by atoms with Gasteiger partial charge in [0.1, 0.15) is 5.75 Å². The monoisotopic (exact) mass is 907 g/mol. The Morgan fingerprint density at radius 2 is 1.35 bits per heavy atom. The average Bonchev–Trinajstić information content (AvgIpc) is 3.16. The highest BCUT2D eigenvalue weighted by Crippen LogP contribution is 2.48. The van der Waals surface area contributed by atoms with Gasteiger partial charge in [0.05, 0.1) is 56.9 Å². The summed E-state index contributed by atoms with van der Waals surface area (Å²) in [5, 5.41) is 13.2. The van der Waals surface area contributed by atoms with Gasteiger partial charge in [-0.1, -0.05) is 107 Å². The fourth-order valence-electron chi connectivity index (χ4n) is 9.22. The van der Waals surface area contributed by atoms with Crippen molar-refractivity contribution in [3.63, 3.8) is 0 Å². The molecule has 0 aromatic heterocycles. The van der Waals surface area contributed by atoms with E-state index in [9.17, 15) is 5.11 Å². The lowest BCUT2D eigenvalue weighted by molar-refractivity contribution is -0.346. The smallest absolute Gasteiger partial charge is 0.193 e. The van der Waals surface area contributed by atoms with Crippen molar-refractivity contribution in [2.75, 3.05) is 20.8 Å². The number of ether oxygens (including phenoxy) is 6. The van der Waals surface area contributed by atoms with Crippen molar-refractivity contribution < 1.29 is 42.4 Å². The Morgan fingerprint density at radius 1 is 0.823 bits per heavy atom. The van der Waals surface area contributed by atoms with Crippen LogP contribution in [0.4, 0.5) is 0 Å². The summed E-state index contributed by atoms with van der Waals surface area (Å²) in [6, 6.07) is 8.00. The molecule has 0 bridgehead atoms. The van der Waals surface area contributed by atoms with Crippen molar-refractivity contribution >= 4 is 16.6 Å². The third-order valence-corrected chi connectivity index (χ3v) is 24.3. The standard InChI is InChI=1S/C51H94O9Si2/c1-23-33(2)28-34(3)46(60-62(21,22)49(12,13)14)39(8)47-37(6)42(54-18)30-51(52,58-47)43(59-61(19,20)48(9,10)11)29-35(4)44-38(7)45(57-50(15,16)56-44)36(5)31-55-32-40-24-26-41(53-17)27-25-40/h23-27,34-39,42-47,52H,28-32H2,1-22H3/b33-23+/t34-,35-,36-,37+,38+,39+,42+,43-,44-,45-,46-,47-,51+/m0/s1. The lowest BCUT2D eigenvalue weighted by atomic mass is 9.75. The maximum atomic E-state index is 13.3. The van der Waals surface area contributed by atoms with E-state index in [1.54, 1.807) is 14.2 Å². The summed E-state index contributed by atoms with van der Waals surface area (Å²) >= 11 is 0. The second-order valence-electron chi connectivity index (χ2n) is 23.1. The number of aliphatic hydroxyl groups is 1. The molecule has 11 heteroatoms. The summed E-state index contributed by atoms with van der Waals surface area (Å²) < 4.78 is 53.5. The van der Waals surface area contributed by atoms with Crippen LogP contribution in [0.3, 0.4) is 0 Å². The normalized spacial score (nSPS) is 29.7. The third kappa shape index (κ3) is 14.0. The van der Waals surface area contributed by atoms with Crippen LogP contribution in [0, 0.1) is 35.5 Å². The van der Waals surface area contributed by atoms with Gasteiger partial charge in [0, 0.05) is 37.2 Å². The van der Waals surface area contributed by atoms with E-state index in [2.05, 4.69) is 129 Å². The van der Waals surface area contributed by atoms with Crippen molar-refractivity contribution in [3.05, 3.63) is 41.5 Å². The van der Waals surface area contributed by atoms with E-state index in [0.717, 1.165) is 17.7 Å². The molecular weight excluding hydrogens is 813 g/mol. The number of benzene rings is 1. The zero-order valence-corrected chi connectivity index (χ0v) is 45.6. The number of hydrogen-bond donors (Lipinski definition) is 1. The summed E-state index contributed by atoms with van der Waals surface area (Å²) in [7, 11) is -1.21. The minimum atomic E-state index is -2.45. The minimum Gasteiger partial charge on any atom is -0.497 e. The Labute approximate surface area is 382 Å². The van der Waals surface area contributed by atoms with Crippen molar-refractivity contribution in [1.82, 2.24) is 0 Å². The van der Waals surface area contributed by atoms with E-state index in [4.69, 9.17) is 37.3 Å². The highest BCUT2D eigenvalue weighted by molar-refractivity contribution is 6.74. The largest absolute Gasteiger partial charge is 0.497 e. The molecule has 2 aliphatic heterocycles. The predicted octanol–water partition coefficient (Wildman–Crippen LogP) is 12.6. The number of allylic oxidation sites excluding steroid dienone is 2. The van der Waals surface area contributed by atoms with Gasteiger partial charge in [-0.25, -0.2) is 0 Å². The fraction of sp³-hybridized carbons (Fsp3) is 0.843. The van der Waals surface area contributed by atoms with E-state index in [1.165, 1.54) is 5.57 Å². The second-order valence-corrected chi connectivity index (χ2v) is 32.6. The molecule has 9 nitrogen and oxygen atoms in total. The van der Waals surface area contributed by atoms with Crippen LogP contribution in [-0.4, -0.2) is 90.8 Å². The Morgan fingerprint density at radius 3 is 1.85 bits per heavy atom. The predicted molar refractivity (Wildman–Crippen MR) is 260 cm³/mol. The van der Waals surface area contributed by atoms with E-state index >= 15 is 0 Å². The second kappa shape index (κ2) is 21.7. The van der Waals surface area contributed by atoms with Crippen LogP contribution in [0.2, 0.25) is 36.3 Å². The Kier molecular flexibility index (Phi) is 19.3. The molecule has 0 aliphatic carbocycles. The van der Waals surface area contributed by atoms with Gasteiger partial charge in [-0.2, -0.15) is 0 Å². The van der Waals surface area contributed by atoms with Crippen LogP contribution in [-0.2, 0) is 39.1 Å². The Bertz CT molecular complexity index is 1550. The van der Waals surface area contributed by atoms with Gasteiger partial charge in [-0.05, 0) is 106 Å². The van der Waals surface area contributed by atoms with Crippen LogP contribution < -0.4 is 4.74 Å². The van der Waals surface area contributed by atoms with Crippen LogP contribution >= 0.6 is 0 Å². The van der Waals surface area contributed by atoms with Crippen molar-refractivity contribution in [1.29, 1.82) is 0 Å². The van der Waals surface area contributed by atoms with E-state index in [0.29, 0.717) is 26.1 Å².